The number of nitrogens with two attached hydrogens (primary N) is 1. The molecule has 16 heavy (non-hydrogen) atoms. The van der Waals surface area contributed by atoms with Gasteiger partial charge in [0, 0.05) is 29.1 Å². The fourth-order valence-electron chi connectivity index (χ4n) is 1.75. The van der Waals surface area contributed by atoms with E-state index in [-0.39, 0.29) is 18.4 Å². The van der Waals surface area contributed by atoms with Crippen molar-refractivity contribution >= 4 is 23.3 Å². The molecule has 2 rings (SSSR count). The molecular weight excluding hydrogens is 224 g/mol. The molecule has 1 atom stereocenters. The Morgan fingerprint density at radius 1 is 1.38 bits per heavy atom. The molecule has 0 spiro atoms. The lowest BCUT2D eigenvalue weighted by Gasteiger charge is -2.00. The zero-order valence-corrected chi connectivity index (χ0v) is 10.3. The molecule has 0 aliphatic carbocycles. The van der Waals surface area contributed by atoms with Gasteiger partial charge < -0.3 is 15.5 Å². The van der Waals surface area contributed by atoms with Gasteiger partial charge in [0.25, 0.3) is 0 Å². The van der Waals surface area contributed by atoms with Crippen molar-refractivity contribution in [1.82, 2.24) is 4.98 Å². The summed E-state index contributed by atoms with van der Waals surface area (Å²) in [6, 6.07) is 8.31. The maximum Gasteiger partial charge on any atom is 0.119 e. The van der Waals surface area contributed by atoms with Crippen LogP contribution in [0.3, 0.4) is 0 Å². The fourth-order valence-corrected chi connectivity index (χ4v) is 1.75. The van der Waals surface area contributed by atoms with E-state index in [9.17, 15) is 0 Å². The lowest BCUT2D eigenvalue weighted by molar-refractivity contribution is 0.415. The fraction of sp³-hybridized carbons (Fsp3) is 0.333. The van der Waals surface area contributed by atoms with E-state index in [1.807, 2.05) is 25.1 Å². The lowest BCUT2D eigenvalue weighted by atomic mass is 10.2. The van der Waals surface area contributed by atoms with E-state index < -0.39 is 0 Å². The highest BCUT2D eigenvalue weighted by Gasteiger charge is 2.03. The molecule has 0 aliphatic heterocycles. The molecule has 1 aromatic heterocycles. The third-order valence-corrected chi connectivity index (χ3v) is 2.43. The first kappa shape index (κ1) is 12.9. The summed E-state index contributed by atoms with van der Waals surface area (Å²) in [6.45, 7) is 2.01. The van der Waals surface area contributed by atoms with Gasteiger partial charge in [-0.25, -0.2) is 0 Å². The van der Waals surface area contributed by atoms with Crippen LogP contribution in [0.4, 0.5) is 0 Å². The van der Waals surface area contributed by atoms with Crippen molar-refractivity contribution in [3.63, 3.8) is 0 Å². The molecule has 1 unspecified atom stereocenters. The Bertz CT molecular complexity index is 465. The van der Waals surface area contributed by atoms with E-state index in [4.69, 9.17) is 10.5 Å². The topological polar surface area (TPSA) is 51.0 Å². The number of rotatable bonds is 3. The van der Waals surface area contributed by atoms with Gasteiger partial charge in [-0.3, -0.25) is 0 Å². The van der Waals surface area contributed by atoms with Crippen molar-refractivity contribution in [2.24, 2.45) is 5.73 Å². The maximum atomic E-state index is 5.76. The summed E-state index contributed by atoms with van der Waals surface area (Å²) in [4.78, 5) is 3.34. The highest BCUT2D eigenvalue weighted by molar-refractivity contribution is 5.85. The number of hydrogen-bond acceptors (Lipinski definition) is 2. The number of H-pyrrole nitrogens is 1. The third kappa shape index (κ3) is 2.68. The normalized spacial score (nSPS) is 12.2. The van der Waals surface area contributed by atoms with Gasteiger partial charge in [0.05, 0.1) is 7.11 Å². The van der Waals surface area contributed by atoms with Crippen LogP contribution in [0, 0.1) is 0 Å². The predicted molar refractivity (Wildman–Crippen MR) is 69.5 cm³/mol. The minimum Gasteiger partial charge on any atom is -0.497 e. The van der Waals surface area contributed by atoms with E-state index in [2.05, 4.69) is 11.1 Å². The first-order chi connectivity index (χ1) is 7.19. The number of aromatic amines is 1. The molecule has 0 radical (unpaired) electrons. The van der Waals surface area contributed by atoms with Crippen LogP contribution < -0.4 is 10.5 Å². The second-order valence-electron chi connectivity index (χ2n) is 3.93. The van der Waals surface area contributed by atoms with Crippen LogP contribution in [-0.4, -0.2) is 18.1 Å². The molecule has 0 aliphatic rings. The number of ether oxygens (including phenoxy) is 1. The molecule has 0 saturated carbocycles. The third-order valence-electron chi connectivity index (χ3n) is 2.43. The molecule has 1 aromatic carbocycles. The summed E-state index contributed by atoms with van der Waals surface area (Å²) in [5.41, 5.74) is 8.06. The molecule has 0 bridgehead atoms. The first-order valence-electron chi connectivity index (χ1n) is 5.10. The minimum absolute atomic E-state index is 0. The van der Waals surface area contributed by atoms with Gasteiger partial charge in [-0.15, -0.1) is 12.4 Å². The number of aromatic nitrogens is 1. The first-order valence-corrected chi connectivity index (χ1v) is 5.10. The van der Waals surface area contributed by atoms with Crippen LogP contribution in [0.5, 0.6) is 5.75 Å². The van der Waals surface area contributed by atoms with Gasteiger partial charge in [0.15, 0.2) is 0 Å². The summed E-state index contributed by atoms with van der Waals surface area (Å²) in [5.74, 6) is 0.883. The van der Waals surface area contributed by atoms with E-state index in [1.165, 1.54) is 11.1 Å². The molecule has 1 heterocycles. The number of methoxy groups -OCH3 is 1. The molecule has 2 aromatic rings. The SMILES string of the molecule is COc1ccc2[nH]c(CC(C)N)cc2c1.Cl. The summed E-state index contributed by atoms with van der Waals surface area (Å²) < 4.78 is 5.17. The largest absolute Gasteiger partial charge is 0.497 e. The minimum atomic E-state index is 0. The number of fused-ring (bicyclic) bond motifs is 1. The number of halogens is 1. The average molecular weight is 241 g/mol. The van der Waals surface area contributed by atoms with Gasteiger partial charge >= 0.3 is 0 Å². The summed E-state index contributed by atoms with van der Waals surface area (Å²) >= 11 is 0. The van der Waals surface area contributed by atoms with Crippen LogP contribution in [0.2, 0.25) is 0 Å². The Kier molecular flexibility index (Phi) is 4.21. The predicted octanol–water partition coefficient (Wildman–Crippen LogP) is 2.49. The van der Waals surface area contributed by atoms with Crippen molar-refractivity contribution in [1.29, 1.82) is 0 Å². The van der Waals surface area contributed by atoms with E-state index in [1.54, 1.807) is 7.11 Å². The van der Waals surface area contributed by atoms with Crippen molar-refractivity contribution in [3.05, 3.63) is 30.0 Å². The van der Waals surface area contributed by atoms with Gasteiger partial charge in [-0.1, -0.05) is 0 Å². The standard InChI is InChI=1S/C12H16N2O.ClH/c1-8(13)5-10-6-9-7-11(15-2)3-4-12(9)14-10;/h3-4,6-8,14H,5,13H2,1-2H3;1H. The smallest absolute Gasteiger partial charge is 0.119 e. The van der Waals surface area contributed by atoms with Crippen LogP contribution in [-0.2, 0) is 6.42 Å². The molecule has 3 nitrogen and oxygen atoms in total. The Morgan fingerprint density at radius 3 is 2.75 bits per heavy atom. The molecular formula is C12H17ClN2O. The van der Waals surface area contributed by atoms with Gasteiger partial charge in [0.2, 0.25) is 0 Å². The Balaban J connectivity index is 0.00000128. The van der Waals surface area contributed by atoms with Crippen LogP contribution in [0.15, 0.2) is 24.3 Å². The number of benzene rings is 1. The summed E-state index contributed by atoms with van der Waals surface area (Å²) in [7, 11) is 1.68. The molecule has 3 N–H and O–H groups in total. The van der Waals surface area contributed by atoms with E-state index >= 15 is 0 Å². The summed E-state index contributed by atoms with van der Waals surface area (Å²) in [6.07, 6.45) is 0.872. The average Bonchev–Trinajstić information content (AvgIpc) is 2.57. The molecule has 0 amide bonds. The van der Waals surface area contributed by atoms with Crippen molar-refractivity contribution in [2.75, 3.05) is 7.11 Å². The Hall–Kier alpha value is -1.19. The molecule has 0 saturated heterocycles. The number of hydrogen-bond donors (Lipinski definition) is 2. The number of nitrogens with one attached hydrogen (secondary N) is 1. The van der Waals surface area contributed by atoms with Crippen molar-refractivity contribution < 1.29 is 4.74 Å². The van der Waals surface area contributed by atoms with Crippen molar-refractivity contribution in [3.8, 4) is 5.75 Å². The van der Waals surface area contributed by atoms with E-state index in [0.717, 1.165) is 17.7 Å². The second kappa shape index (κ2) is 5.23. The lowest BCUT2D eigenvalue weighted by Crippen LogP contribution is -2.17. The van der Waals surface area contributed by atoms with Crippen molar-refractivity contribution in [2.45, 2.75) is 19.4 Å². The van der Waals surface area contributed by atoms with Gasteiger partial charge in [-0.05, 0) is 31.2 Å². The Labute approximate surface area is 101 Å². The maximum absolute atomic E-state index is 5.76. The zero-order valence-electron chi connectivity index (χ0n) is 9.49. The van der Waals surface area contributed by atoms with Crippen LogP contribution >= 0.6 is 12.4 Å². The Morgan fingerprint density at radius 2 is 2.12 bits per heavy atom. The molecule has 4 heteroatoms. The molecule has 0 fully saturated rings. The van der Waals surface area contributed by atoms with Crippen LogP contribution in [0.25, 0.3) is 10.9 Å². The zero-order chi connectivity index (χ0) is 10.8. The summed E-state index contributed by atoms with van der Waals surface area (Å²) in [5, 5.41) is 1.17. The molecule has 88 valence electrons. The highest BCUT2D eigenvalue weighted by Crippen LogP contribution is 2.21. The van der Waals surface area contributed by atoms with E-state index in [0.29, 0.717) is 0 Å². The van der Waals surface area contributed by atoms with Gasteiger partial charge in [-0.2, -0.15) is 0 Å². The quantitative estimate of drug-likeness (QED) is 0.866. The van der Waals surface area contributed by atoms with Gasteiger partial charge in [0.1, 0.15) is 5.75 Å². The second-order valence-corrected chi connectivity index (χ2v) is 3.93. The highest BCUT2D eigenvalue weighted by atomic mass is 35.5. The monoisotopic (exact) mass is 240 g/mol. The van der Waals surface area contributed by atoms with Crippen LogP contribution in [0.1, 0.15) is 12.6 Å².